The second-order valence-electron chi connectivity index (χ2n) is 14.9. The van der Waals surface area contributed by atoms with Crippen LogP contribution in [0.1, 0.15) is 0 Å². The van der Waals surface area contributed by atoms with Crippen LogP contribution >= 0.6 is 11.3 Å². The molecule has 0 aliphatic heterocycles. The highest BCUT2D eigenvalue weighted by atomic mass is 32.1. The zero-order chi connectivity index (χ0) is 38.2. The minimum absolute atomic E-state index is 0.906. The average molecular weight is 759 g/mol. The van der Waals surface area contributed by atoms with Crippen molar-refractivity contribution in [3.8, 4) is 27.9 Å². The molecular weight excluding hydrogens is 725 g/mol. The summed E-state index contributed by atoms with van der Waals surface area (Å²) in [5, 5.41) is 7.29. The van der Waals surface area contributed by atoms with Crippen molar-refractivity contribution in [1.82, 2.24) is 4.57 Å². The Morgan fingerprint density at radius 3 is 1.79 bits per heavy atom. The number of hydrogen-bond acceptors (Lipinski definition) is 3. The highest BCUT2D eigenvalue weighted by Crippen LogP contribution is 2.48. The molecule has 0 saturated carbocycles. The van der Waals surface area contributed by atoms with E-state index >= 15 is 0 Å². The van der Waals surface area contributed by atoms with Gasteiger partial charge < -0.3 is 13.9 Å². The first-order chi connectivity index (χ1) is 28.8. The lowest BCUT2D eigenvalue weighted by atomic mass is 9.98. The van der Waals surface area contributed by atoms with Crippen molar-refractivity contribution in [2.75, 3.05) is 4.90 Å². The topological polar surface area (TPSA) is 21.3 Å². The molecule has 9 aromatic carbocycles. The van der Waals surface area contributed by atoms with Crippen LogP contribution < -0.4 is 4.90 Å². The first-order valence-corrected chi connectivity index (χ1v) is 20.5. The Labute approximate surface area is 338 Å². The molecule has 4 heteroatoms. The summed E-state index contributed by atoms with van der Waals surface area (Å²) in [5.41, 5.74) is 13.2. The molecule has 12 rings (SSSR count). The Bertz CT molecular complexity index is 3460. The summed E-state index contributed by atoms with van der Waals surface area (Å²) >= 11 is 1.87. The van der Waals surface area contributed by atoms with E-state index in [2.05, 4.69) is 204 Å². The van der Waals surface area contributed by atoms with Crippen LogP contribution in [0.2, 0.25) is 0 Å². The third kappa shape index (κ3) is 5.05. The number of rotatable bonds is 6. The van der Waals surface area contributed by atoms with Crippen molar-refractivity contribution in [1.29, 1.82) is 0 Å². The zero-order valence-corrected chi connectivity index (χ0v) is 32.2. The molecule has 0 saturated heterocycles. The number of furan rings is 1. The fraction of sp³-hybridized carbons (Fsp3) is 0. The number of nitrogens with zero attached hydrogens (tertiary/aromatic N) is 2. The van der Waals surface area contributed by atoms with Gasteiger partial charge in [0.25, 0.3) is 0 Å². The molecule has 0 N–H and O–H groups in total. The molecule has 0 fully saturated rings. The molecule has 0 atom stereocenters. The molecule has 3 heterocycles. The number of benzene rings is 9. The van der Waals surface area contributed by atoms with E-state index < -0.39 is 0 Å². The normalized spacial score (nSPS) is 11.8. The molecule has 3 nitrogen and oxygen atoms in total. The van der Waals surface area contributed by atoms with Crippen LogP contribution in [0.3, 0.4) is 0 Å². The minimum Gasteiger partial charge on any atom is -0.455 e. The number of anilines is 3. The van der Waals surface area contributed by atoms with Gasteiger partial charge in [-0.1, -0.05) is 140 Å². The SMILES string of the molecule is c1ccc(N(c2ccc(-c3cccc4c3oc3ccccc34)cc2)c2cc(-c3ccccc3-n3c4ccccc4c4ccccc43)c3sc4ccccc4c3c2)cc1. The summed E-state index contributed by atoms with van der Waals surface area (Å²) in [6.45, 7) is 0. The minimum atomic E-state index is 0.906. The third-order valence-corrected chi connectivity index (χ3v) is 12.8. The van der Waals surface area contributed by atoms with Gasteiger partial charge in [0.2, 0.25) is 0 Å². The van der Waals surface area contributed by atoms with Gasteiger partial charge in [0, 0.05) is 75.5 Å². The fourth-order valence-electron chi connectivity index (χ4n) is 9.01. The lowest BCUT2D eigenvalue weighted by Crippen LogP contribution is -2.10. The van der Waals surface area contributed by atoms with Crippen molar-refractivity contribution in [2.24, 2.45) is 0 Å². The Balaban J connectivity index is 1.08. The van der Waals surface area contributed by atoms with E-state index in [9.17, 15) is 0 Å². The van der Waals surface area contributed by atoms with Crippen LogP contribution in [-0.4, -0.2) is 4.57 Å². The molecule has 58 heavy (non-hydrogen) atoms. The molecule has 272 valence electrons. The van der Waals surface area contributed by atoms with Crippen LogP contribution in [0.15, 0.2) is 211 Å². The van der Waals surface area contributed by atoms with Crippen LogP contribution in [0.25, 0.3) is 91.9 Å². The highest BCUT2D eigenvalue weighted by molar-refractivity contribution is 7.26. The molecule has 0 radical (unpaired) electrons. The molecule has 0 unspecified atom stereocenters. The van der Waals surface area contributed by atoms with Crippen LogP contribution in [0.4, 0.5) is 17.1 Å². The summed E-state index contributed by atoms with van der Waals surface area (Å²) < 4.78 is 11.5. The van der Waals surface area contributed by atoms with E-state index in [4.69, 9.17) is 4.42 Å². The standard InChI is InChI=1S/C54H34N2OS/c1-2-15-36(16-3-1)55(37-31-29-35(30-32-37)39-22-14-23-45-43-20-7-12-27-51(43)57-53(39)45)38-33-46(54-47(34-38)44-21-8-13-28-52(44)58-54)42-19-6-11-26-50(42)56-48-24-9-4-17-40(48)41-18-5-10-25-49(41)56/h1-34H. The Morgan fingerprint density at radius 2 is 1.00 bits per heavy atom. The van der Waals surface area contributed by atoms with Gasteiger partial charge >= 0.3 is 0 Å². The quantitative estimate of drug-likeness (QED) is 0.168. The number of fused-ring (bicyclic) bond motifs is 9. The molecule has 3 aromatic heterocycles. The van der Waals surface area contributed by atoms with E-state index in [1.54, 1.807) is 0 Å². The maximum Gasteiger partial charge on any atom is 0.143 e. The van der Waals surface area contributed by atoms with E-state index in [0.717, 1.165) is 55.8 Å². The smallest absolute Gasteiger partial charge is 0.143 e. The Morgan fingerprint density at radius 1 is 0.397 bits per heavy atom. The van der Waals surface area contributed by atoms with Crippen molar-refractivity contribution in [3.63, 3.8) is 0 Å². The first-order valence-electron chi connectivity index (χ1n) is 19.7. The average Bonchev–Trinajstić information content (AvgIpc) is 3.97. The van der Waals surface area contributed by atoms with E-state index in [0.29, 0.717) is 0 Å². The van der Waals surface area contributed by atoms with Crippen LogP contribution in [0, 0.1) is 0 Å². The predicted octanol–water partition coefficient (Wildman–Crippen LogP) is 15.9. The van der Waals surface area contributed by atoms with Gasteiger partial charge in [0.1, 0.15) is 11.2 Å². The predicted molar refractivity (Wildman–Crippen MR) is 247 cm³/mol. The van der Waals surface area contributed by atoms with E-state index in [-0.39, 0.29) is 0 Å². The summed E-state index contributed by atoms with van der Waals surface area (Å²) in [5.74, 6) is 0. The van der Waals surface area contributed by atoms with Crippen LogP contribution in [0.5, 0.6) is 0 Å². The fourth-order valence-corrected chi connectivity index (χ4v) is 10.2. The maximum absolute atomic E-state index is 6.45. The van der Waals surface area contributed by atoms with Crippen molar-refractivity contribution < 1.29 is 4.42 Å². The number of aromatic nitrogens is 1. The van der Waals surface area contributed by atoms with Gasteiger partial charge in [-0.25, -0.2) is 0 Å². The van der Waals surface area contributed by atoms with Gasteiger partial charge in [-0.2, -0.15) is 0 Å². The summed E-state index contributed by atoms with van der Waals surface area (Å²) in [6, 6.07) is 74.4. The highest BCUT2D eigenvalue weighted by Gasteiger charge is 2.22. The second kappa shape index (κ2) is 13.1. The lowest BCUT2D eigenvalue weighted by Gasteiger charge is -2.27. The molecule has 0 amide bonds. The van der Waals surface area contributed by atoms with Gasteiger partial charge in [0.05, 0.1) is 16.7 Å². The number of hydrogen-bond donors (Lipinski definition) is 0. The monoisotopic (exact) mass is 758 g/mol. The molecule has 0 aliphatic rings. The summed E-state index contributed by atoms with van der Waals surface area (Å²) in [7, 11) is 0. The number of para-hydroxylation sites is 6. The van der Waals surface area contributed by atoms with Crippen molar-refractivity contribution >= 4 is 92.3 Å². The maximum atomic E-state index is 6.45. The third-order valence-electron chi connectivity index (χ3n) is 11.6. The Kier molecular flexibility index (Phi) is 7.40. The lowest BCUT2D eigenvalue weighted by molar-refractivity contribution is 0.670. The molecule has 0 spiro atoms. The molecule has 12 aromatic rings. The van der Waals surface area contributed by atoms with Gasteiger partial charge in [0.15, 0.2) is 0 Å². The van der Waals surface area contributed by atoms with Crippen molar-refractivity contribution in [2.45, 2.75) is 0 Å². The Hall–Kier alpha value is -7.40. The summed E-state index contributed by atoms with van der Waals surface area (Å²) in [4.78, 5) is 2.39. The van der Waals surface area contributed by atoms with Crippen molar-refractivity contribution in [3.05, 3.63) is 206 Å². The van der Waals surface area contributed by atoms with Crippen LogP contribution in [-0.2, 0) is 0 Å². The number of thiophene rings is 1. The first kappa shape index (κ1) is 32.8. The van der Waals surface area contributed by atoms with E-state index in [1.165, 1.54) is 53.1 Å². The zero-order valence-electron chi connectivity index (χ0n) is 31.3. The van der Waals surface area contributed by atoms with Gasteiger partial charge in [-0.15, -0.1) is 11.3 Å². The van der Waals surface area contributed by atoms with Gasteiger partial charge in [-0.3, -0.25) is 0 Å². The second-order valence-corrected chi connectivity index (χ2v) is 15.9. The van der Waals surface area contributed by atoms with Gasteiger partial charge in [-0.05, 0) is 72.3 Å². The van der Waals surface area contributed by atoms with E-state index in [1.807, 2.05) is 23.5 Å². The molecule has 0 bridgehead atoms. The molecule has 0 aliphatic carbocycles. The largest absolute Gasteiger partial charge is 0.455 e. The molecular formula is C54H34N2OS. The summed E-state index contributed by atoms with van der Waals surface area (Å²) in [6.07, 6.45) is 0.